The van der Waals surface area contributed by atoms with E-state index < -0.39 is 0 Å². The lowest BCUT2D eigenvalue weighted by Crippen LogP contribution is -2.41. The van der Waals surface area contributed by atoms with E-state index in [4.69, 9.17) is 4.74 Å². The molecule has 126 valence electrons. The smallest absolute Gasteiger partial charge is 0.0832 e. The molecule has 1 unspecified atom stereocenters. The fourth-order valence-electron chi connectivity index (χ4n) is 4.58. The van der Waals surface area contributed by atoms with E-state index in [1.807, 2.05) is 19.5 Å². The van der Waals surface area contributed by atoms with Gasteiger partial charge in [0, 0.05) is 31.5 Å². The summed E-state index contributed by atoms with van der Waals surface area (Å²) in [4.78, 5) is 6.69. The van der Waals surface area contributed by atoms with Crippen LogP contribution in [0.25, 0.3) is 0 Å². The zero-order chi connectivity index (χ0) is 16.6. The van der Waals surface area contributed by atoms with Crippen LogP contribution < -0.4 is 0 Å². The van der Waals surface area contributed by atoms with Crippen LogP contribution in [0.3, 0.4) is 0 Å². The average Bonchev–Trinajstić information content (AvgIpc) is 2.91. The molecular formula is C21H26N2O. The Morgan fingerprint density at radius 1 is 1.17 bits per heavy atom. The minimum atomic E-state index is 0.270. The predicted octanol–water partition coefficient (Wildman–Crippen LogP) is 4.02. The molecule has 2 heterocycles. The Kier molecular flexibility index (Phi) is 4.15. The number of aromatic nitrogens is 1. The van der Waals surface area contributed by atoms with E-state index in [-0.39, 0.29) is 6.10 Å². The number of aryl methyl sites for hydroxylation is 1. The minimum Gasteiger partial charge on any atom is -0.377 e. The summed E-state index contributed by atoms with van der Waals surface area (Å²) >= 11 is 0. The van der Waals surface area contributed by atoms with E-state index in [2.05, 4.69) is 47.1 Å². The van der Waals surface area contributed by atoms with Gasteiger partial charge in [-0.2, -0.15) is 0 Å². The molecule has 0 N–H and O–H groups in total. The van der Waals surface area contributed by atoms with Crippen molar-refractivity contribution in [1.29, 1.82) is 0 Å². The highest BCUT2D eigenvalue weighted by molar-refractivity contribution is 5.44. The van der Waals surface area contributed by atoms with E-state index in [1.54, 1.807) is 5.56 Å². The van der Waals surface area contributed by atoms with Gasteiger partial charge in [-0.15, -0.1) is 0 Å². The molecule has 0 saturated carbocycles. The fourth-order valence-corrected chi connectivity index (χ4v) is 4.58. The van der Waals surface area contributed by atoms with Crippen LogP contribution in [0.5, 0.6) is 0 Å². The molecule has 0 bridgehead atoms. The number of fused-ring (bicyclic) bond motifs is 2. The third kappa shape index (κ3) is 2.76. The Bertz CT molecular complexity index is 705. The molecule has 24 heavy (non-hydrogen) atoms. The van der Waals surface area contributed by atoms with Crippen LogP contribution in [0.2, 0.25) is 0 Å². The molecule has 4 rings (SSSR count). The molecule has 2 aliphatic rings. The van der Waals surface area contributed by atoms with Crippen molar-refractivity contribution in [2.75, 3.05) is 20.2 Å². The van der Waals surface area contributed by atoms with Gasteiger partial charge in [-0.3, -0.25) is 9.88 Å². The zero-order valence-corrected chi connectivity index (χ0v) is 14.7. The van der Waals surface area contributed by atoms with Gasteiger partial charge < -0.3 is 4.74 Å². The summed E-state index contributed by atoms with van der Waals surface area (Å²) < 4.78 is 5.82. The highest BCUT2D eigenvalue weighted by Gasteiger charge is 2.45. The van der Waals surface area contributed by atoms with Crippen molar-refractivity contribution in [3.8, 4) is 0 Å². The second-order valence-corrected chi connectivity index (χ2v) is 7.43. The molecule has 3 nitrogen and oxygen atoms in total. The number of likely N-dealkylation sites (tertiary alicyclic amines) is 1. The summed E-state index contributed by atoms with van der Waals surface area (Å²) in [7, 11) is 1.86. The first kappa shape index (κ1) is 15.8. The molecule has 0 radical (unpaired) electrons. The molecule has 2 aromatic rings. The zero-order valence-electron chi connectivity index (χ0n) is 14.7. The van der Waals surface area contributed by atoms with E-state index in [1.165, 1.54) is 29.5 Å². The number of benzene rings is 1. The summed E-state index contributed by atoms with van der Waals surface area (Å²) in [6.07, 6.45) is 7.65. The summed E-state index contributed by atoms with van der Waals surface area (Å²) in [5.74, 6) is 0. The van der Waals surface area contributed by atoms with Crippen molar-refractivity contribution in [2.24, 2.45) is 0 Å². The number of methoxy groups -OCH3 is 1. The van der Waals surface area contributed by atoms with Crippen LogP contribution in [0.4, 0.5) is 0 Å². The maximum atomic E-state index is 5.82. The van der Waals surface area contributed by atoms with Gasteiger partial charge in [0.1, 0.15) is 0 Å². The van der Waals surface area contributed by atoms with Crippen molar-refractivity contribution in [2.45, 2.75) is 44.2 Å². The first-order valence-electron chi connectivity index (χ1n) is 8.95. The van der Waals surface area contributed by atoms with E-state index in [9.17, 15) is 0 Å². The normalized spacial score (nSPS) is 22.7. The number of piperidine rings is 1. The van der Waals surface area contributed by atoms with Gasteiger partial charge in [-0.25, -0.2) is 0 Å². The maximum absolute atomic E-state index is 5.82. The number of rotatable bonds is 3. The third-order valence-electron chi connectivity index (χ3n) is 5.95. The number of hydrogen-bond acceptors (Lipinski definition) is 3. The topological polar surface area (TPSA) is 25.4 Å². The number of hydrogen-bond donors (Lipinski definition) is 0. The molecule has 1 saturated heterocycles. The molecule has 3 heteroatoms. The van der Waals surface area contributed by atoms with Gasteiger partial charge in [0.05, 0.1) is 6.10 Å². The lowest BCUT2D eigenvalue weighted by atomic mass is 9.73. The molecule has 1 fully saturated rings. The van der Waals surface area contributed by atoms with Gasteiger partial charge in [0.15, 0.2) is 0 Å². The summed E-state index contributed by atoms with van der Waals surface area (Å²) in [6, 6.07) is 11.2. The first-order valence-corrected chi connectivity index (χ1v) is 8.95. The largest absolute Gasteiger partial charge is 0.377 e. The van der Waals surface area contributed by atoms with Crippen molar-refractivity contribution in [1.82, 2.24) is 9.88 Å². The predicted molar refractivity (Wildman–Crippen MR) is 96.0 cm³/mol. The van der Waals surface area contributed by atoms with Crippen molar-refractivity contribution < 1.29 is 4.74 Å². The highest BCUT2D eigenvalue weighted by atomic mass is 16.5. The second-order valence-electron chi connectivity index (χ2n) is 7.43. The molecular weight excluding hydrogens is 296 g/mol. The Morgan fingerprint density at radius 3 is 2.62 bits per heavy atom. The molecule has 1 aliphatic heterocycles. The number of nitrogens with zero attached hydrogens (tertiary/aromatic N) is 2. The van der Waals surface area contributed by atoms with Crippen LogP contribution in [-0.2, 0) is 16.7 Å². The summed E-state index contributed by atoms with van der Waals surface area (Å²) in [5.41, 5.74) is 5.99. The van der Waals surface area contributed by atoms with E-state index in [0.717, 1.165) is 26.1 Å². The standard InChI is InChI=1S/C21H26N2O/c1-16-3-4-19-18(13-16)20(24-2)14-21(19)7-11-23(12-8-21)15-17-5-9-22-10-6-17/h3-6,9-10,13,20H,7-8,11-12,14-15H2,1-2H3. The summed E-state index contributed by atoms with van der Waals surface area (Å²) in [6.45, 7) is 5.53. The Balaban J connectivity index is 1.51. The van der Waals surface area contributed by atoms with Gasteiger partial charge in [-0.1, -0.05) is 23.8 Å². The Hall–Kier alpha value is -1.71. The lowest BCUT2D eigenvalue weighted by molar-refractivity contribution is 0.0687. The quantitative estimate of drug-likeness (QED) is 0.853. The molecule has 1 aliphatic carbocycles. The van der Waals surface area contributed by atoms with Crippen LogP contribution >= 0.6 is 0 Å². The monoisotopic (exact) mass is 322 g/mol. The average molecular weight is 322 g/mol. The molecule has 0 amide bonds. The van der Waals surface area contributed by atoms with Gasteiger partial charge >= 0.3 is 0 Å². The van der Waals surface area contributed by atoms with E-state index in [0.29, 0.717) is 5.41 Å². The van der Waals surface area contributed by atoms with Gasteiger partial charge in [0.2, 0.25) is 0 Å². The van der Waals surface area contributed by atoms with Crippen LogP contribution in [0, 0.1) is 6.92 Å². The SMILES string of the molecule is COC1CC2(CCN(Cc3ccncc3)CC2)c2ccc(C)cc21. The van der Waals surface area contributed by atoms with Gasteiger partial charge in [0.25, 0.3) is 0 Å². The minimum absolute atomic E-state index is 0.270. The highest BCUT2D eigenvalue weighted by Crippen LogP contribution is 2.52. The molecule has 1 aromatic heterocycles. The number of pyridine rings is 1. The van der Waals surface area contributed by atoms with Crippen LogP contribution in [0.1, 0.15) is 47.6 Å². The molecule has 1 atom stereocenters. The Labute approximate surface area is 144 Å². The third-order valence-corrected chi connectivity index (χ3v) is 5.95. The molecule has 1 aromatic carbocycles. The second kappa shape index (κ2) is 6.30. The van der Waals surface area contributed by atoms with E-state index >= 15 is 0 Å². The maximum Gasteiger partial charge on any atom is 0.0832 e. The lowest BCUT2D eigenvalue weighted by Gasteiger charge is -2.40. The van der Waals surface area contributed by atoms with Gasteiger partial charge in [-0.05, 0) is 68.1 Å². The molecule has 1 spiro atoms. The van der Waals surface area contributed by atoms with Crippen molar-refractivity contribution >= 4 is 0 Å². The van der Waals surface area contributed by atoms with Crippen LogP contribution in [0.15, 0.2) is 42.7 Å². The first-order chi connectivity index (χ1) is 11.7. The number of ether oxygens (including phenoxy) is 1. The fraction of sp³-hybridized carbons (Fsp3) is 0.476. The van der Waals surface area contributed by atoms with Crippen molar-refractivity contribution in [3.63, 3.8) is 0 Å². The summed E-state index contributed by atoms with van der Waals surface area (Å²) in [5, 5.41) is 0. The Morgan fingerprint density at radius 2 is 1.92 bits per heavy atom. The van der Waals surface area contributed by atoms with Crippen LogP contribution in [-0.4, -0.2) is 30.1 Å². The van der Waals surface area contributed by atoms with Crippen molar-refractivity contribution in [3.05, 3.63) is 65.0 Å².